The Kier molecular flexibility index (Phi) is 7.14. The van der Waals surface area contributed by atoms with Crippen molar-refractivity contribution in [3.05, 3.63) is 144 Å². The lowest BCUT2D eigenvalue weighted by Crippen LogP contribution is -2.05. The van der Waals surface area contributed by atoms with Crippen molar-refractivity contribution in [3.63, 3.8) is 0 Å². The minimum atomic E-state index is 0.281. The van der Waals surface area contributed by atoms with Crippen LogP contribution in [-0.4, -0.2) is 14.2 Å². The Hall–Kier alpha value is -4.30. The van der Waals surface area contributed by atoms with Gasteiger partial charge in [-0.3, -0.25) is 0 Å². The van der Waals surface area contributed by atoms with Crippen LogP contribution in [0.4, 0.5) is 0 Å². The Morgan fingerprint density at radius 1 is 0.444 bits per heavy atom. The third-order valence-electron chi connectivity index (χ3n) is 6.76. The van der Waals surface area contributed by atoms with E-state index in [1.54, 1.807) is 14.2 Å². The lowest BCUT2D eigenvalue weighted by atomic mass is 9.85. The zero-order valence-electron chi connectivity index (χ0n) is 20.7. The first-order valence-electron chi connectivity index (χ1n) is 12.3. The van der Waals surface area contributed by atoms with Gasteiger partial charge >= 0.3 is 0 Å². The molecule has 1 unspecified atom stereocenters. The monoisotopic (exact) mass is 470 g/mol. The predicted octanol–water partition coefficient (Wildman–Crippen LogP) is 8.41. The van der Waals surface area contributed by atoms with Gasteiger partial charge in [-0.05, 0) is 69.6 Å². The van der Waals surface area contributed by atoms with Crippen molar-refractivity contribution >= 4 is 0 Å². The maximum absolute atomic E-state index is 5.30. The molecular weight excluding hydrogens is 440 g/mol. The molecule has 2 nitrogen and oxygen atoms in total. The van der Waals surface area contributed by atoms with Gasteiger partial charge in [-0.25, -0.2) is 0 Å². The molecule has 0 spiro atoms. The number of ether oxygens (including phenoxy) is 2. The van der Waals surface area contributed by atoms with Crippen LogP contribution < -0.4 is 9.47 Å². The highest BCUT2D eigenvalue weighted by atomic mass is 16.5. The van der Waals surface area contributed by atoms with Gasteiger partial charge in [0.25, 0.3) is 0 Å². The Bertz CT molecular complexity index is 1370. The zero-order chi connectivity index (χ0) is 24.7. The van der Waals surface area contributed by atoms with Gasteiger partial charge in [-0.2, -0.15) is 0 Å². The summed E-state index contributed by atoms with van der Waals surface area (Å²) >= 11 is 0. The van der Waals surface area contributed by atoms with Gasteiger partial charge in [0, 0.05) is 5.92 Å². The molecule has 0 aliphatic carbocycles. The summed E-state index contributed by atoms with van der Waals surface area (Å²) in [6.45, 7) is 0. The molecule has 178 valence electrons. The van der Waals surface area contributed by atoms with Gasteiger partial charge < -0.3 is 9.47 Å². The average Bonchev–Trinajstić information content (AvgIpc) is 2.97. The highest BCUT2D eigenvalue weighted by Crippen LogP contribution is 2.32. The van der Waals surface area contributed by atoms with E-state index in [4.69, 9.17) is 9.47 Å². The summed E-state index contributed by atoms with van der Waals surface area (Å²) in [5.41, 5.74) is 8.76. The largest absolute Gasteiger partial charge is 0.497 e. The Labute approximate surface area is 213 Å². The van der Waals surface area contributed by atoms with E-state index >= 15 is 0 Å². The lowest BCUT2D eigenvalue weighted by Gasteiger charge is -2.19. The molecule has 36 heavy (non-hydrogen) atoms. The van der Waals surface area contributed by atoms with Crippen LogP contribution in [0.3, 0.4) is 0 Å². The fraction of sp³-hybridized carbons (Fsp3) is 0.118. The molecule has 0 amide bonds. The number of hydrogen-bond donors (Lipinski definition) is 0. The average molecular weight is 471 g/mol. The molecule has 5 aromatic rings. The standard InChI is InChI=1S/C34H30O2/c1-35-32-20-16-28(17-21-32)26-10-8-25(9-11-26)24-34(30-6-4-3-5-7-30)31-14-12-27(13-15-31)29-18-22-33(36-2)23-19-29/h3-23,34H,24H2,1-2H3. The third-order valence-corrected chi connectivity index (χ3v) is 6.76. The molecule has 0 aromatic heterocycles. The number of benzene rings is 5. The Balaban J connectivity index is 1.39. The van der Waals surface area contributed by atoms with Gasteiger partial charge in [0.15, 0.2) is 0 Å². The summed E-state index contributed by atoms with van der Waals surface area (Å²) in [7, 11) is 3.39. The van der Waals surface area contributed by atoms with Gasteiger partial charge in [0.2, 0.25) is 0 Å². The quantitative estimate of drug-likeness (QED) is 0.227. The van der Waals surface area contributed by atoms with Crippen molar-refractivity contribution in [1.82, 2.24) is 0 Å². The first-order valence-corrected chi connectivity index (χ1v) is 12.3. The van der Waals surface area contributed by atoms with Crippen molar-refractivity contribution in [2.75, 3.05) is 14.2 Å². The van der Waals surface area contributed by atoms with Gasteiger partial charge in [0.1, 0.15) is 11.5 Å². The van der Waals surface area contributed by atoms with Crippen molar-refractivity contribution < 1.29 is 9.47 Å². The Morgan fingerprint density at radius 3 is 1.28 bits per heavy atom. The molecule has 0 radical (unpaired) electrons. The predicted molar refractivity (Wildman–Crippen MR) is 149 cm³/mol. The van der Waals surface area contributed by atoms with E-state index in [9.17, 15) is 0 Å². The summed E-state index contributed by atoms with van der Waals surface area (Å²) < 4.78 is 10.6. The minimum absolute atomic E-state index is 0.281. The molecule has 0 N–H and O–H groups in total. The summed E-state index contributed by atoms with van der Waals surface area (Å²) in [5.74, 6) is 2.03. The van der Waals surface area contributed by atoms with Gasteiger partial charge in [-0.1, -0.05) is 103 Å². The van der Waals surface area contributed by atoms with E-state index in [1.807, 2.05) is 24.3 Å². The van der Waals surface area contributed by atoms with E-state index in [0.29, 0.717) is 0 Å². The maximum Gasteiger partial charge on any atom is 0.118 e. The Morgan fingerprint density at radius 2 is 0.833 bits per heavy atom. The van der Waals surface area contributed by atoms with Crippen molar-refractivity contribution in [3.8, 4) is 33.8 Å². The van der Waals surface area contributed by atoms with E-state index in [-0.39, 0.29) is 5.92 Å². The zero-order valence-corrected chi connectivity index (χ0v) is 20.7. The second kappa shape index (κ2) is 11.0. The summed E-state index contributed by atoms with van der Waals surface area (Å²) in [5, 5.41) is 0. The smallest absolute Gasteiger partial charge is 0.118 e. The van der Waals surface area contributed by atoms with Crippen LogP contribution in [0.15, 0.2) is 127 Å². The summed E-state index contributed by atoms with van der Waals surface area (Å²) in [6, 6.07) is 45.1. The molecule has 0 heterocycles. The number of rotatable bonds is 8. The van der Waals surface area contributed by atoms with Crippen molar-refractivity contribution in [1.29, 1.82) is 0 Å². The first-order chi connectivity index (χ1) is 17.7. The molecular formula is C34H30O2. The van der Waals surface area contributed by atoms with Crippen LogP contribution >= 0.6 is 0 Å². The second-order valence-electron chi connectivity index (χ2n) is 8.94. The van der Waals surface area contributed by atoms with Crippen molar-refractivity contribution in [2.45, 2.75) is 12.3 Å². The highest BCUT2D eigenvalue weighted by Gasteiger charge is 2.15. The summed E-state index contributed by atoms with van der Waals surface area (Å²) in [6.07, 6.45) is 0.939. The fourth-order valence-electron chi connectivity index (χ4n) is 4.66. The molecule has 5 aromatic carbocycles. The number of methoxy groups -OCH3 is 2. The molecule has 0 saturated heterocycles. The van der Waals surface area contributed by atoms with Crippen LogP contribution in [0.5, 0.6) is 11.5 Å². The molecule has 0 aliphatic heterocycles. The van der Waals surface area contributed by atoms with Crippen LogP contribution in [0.2, 0.25) is 0 Å². The molecule has 2 heteroatoms. The SMILES string of the molecule is COc1ccc(-c2ccc(CC(c3ccccc3)c3ccc(-c4ccc(OC)cc4)cc3)cc2)cc1. The molecule has 1 atom stereocenters. The highest BCUT2D eigenvalue weighted by molar-refractivity contribution is 5.66. The molecule has 0 saturated carbocycles. The topological polar surface area (TPSA) is 18.5 Å². The maximum atomic E-state index is 5.30. The second-order valence-corrected chi connectivity index (χ2v) is 8.94. The summed E-state index contributed by atoms with van der Waals surface area (Å²) in [4.78, 5) is 0. The van der Waals surface area contributed by atoms with Crippen molar-refractivity contribution in [2.24, 2.45) is 0 Å². The van der Waals surface area contributed by atoms with Crippen LogP contribution in [-0.2, 0) is 6.42 Å². The van der Waals surface area contributed by atoms with Crippen LogP contribution in [0.25, 0.3) is 22.3 Å². The van der Waals surface area contributed by atoms with E-state index < -0.39 is 0 Å². The molecule has 0 aliphatic rings. The van der Waals surface area contributed by atoms with E-state index in [2.05, 4.69) is 103 Å². The minimum Gasteiger partial charge on any atom is -0.497 e. The third kappa shape index (κ3) is 5.34. The lowest BCUT2D eigenvalue weighted by molar-refractivity contribution is 0.415. The van der Waals surface area contributed by atoms with Crippen LogP contribution in [0.1, 0.15) is 22.6 Å². The van der Waals surface area contributed by atoms with Gasteiger partial charge in [0.05, 0.1) is 14.2 Å². The normalized spacial score (nSPS) is 11.6. The molecule has 0 bridgehead atoms. The molecule has 0 fully saturated rings. The van der Waals surface area contributed by atoms with Gasteiger partial charge in [-0.15, -0.1) is 0 Å². The van der Waals surface area contributed by atoms with Crippen LogP contribution in [0, 0.1) is 0 Å². The first kappa shape index (κ1) is 23.4. The van der Waals surface area contributed by atoms with E-state index in [0.717, 1.165) is 17.9 Å². The molecule has 5 rings (SSSR count). The van der Waals surface area contributed by atoms with E-state index in [1.165, 1.54) is 38.9 Å². The number of hydrogen-bond acceptors (Lipinski definition) is 2. The fourth-order valence-corrected chi connectivity index (χ4v) is 4.66.